The highest BCUT2D eigenvalue weighted by atomic mass is 16.4. The Morgan fingerprint density at radius 2 is 1.80 bits per heavy atom. The molecule has 3 aromatic rings. The summed E-state index contributed by atoms with van der Waals surface area (Å²) in [7, 11) is 0. The Morgan fingerprint density at radius 3 is 2.48 bits per heavy atom. The molecule has 0 aliphatic rings. The van der Waals surface area contributed by atoms with Gasteiger partial charge < -0.3 is 14.3 Å². The van der Waals surface area contributed by atoms with Crippen molar-refractivity contribution in [3.05, 3.63) is 87.2 Å². The average molecular weight is 336 g/mol. The lowest BCUT2D eigenvalue weighted by molar-refractivity contribution is 0.0994. The molecule has 25 heavy (non-hydrogen) atoms. The summed E-state index contributed by atoms with van der Waals surface area (Å²) in [4.78, 5) is 24.2. The third-order valence-electron chi connectivity index (χ3n) is 4.03. The number of hydrogen-bond acceptors (Lipinski definition) is 3. The second-order valence-electron chi connectivity index (χ2n) is 6.16. The lowest BCUT2D eigenvalue weighted by atomic mass is 10.1. The lowest BCUT2D eigenvalue weighted by Gasteiger charge is -2.11. The van der Waals surface area contributed by atoms with Gasteiger partial charge in [-0.05, 0) is 50.1 Å². The van der Waals surface area contributed by atoms with Crippen molar-refractivity contribution in [2.75, 3.05) is 5.32 Å². The zero-order valence-electron chi connectivity index (χ0n) is 14.5. The van der Waals surface area contributed by atoms with Crippen molar-refractivity contribution in [1.29, 1.82) is 0 Å². The van der Waals surface area contributed by atoms with Gasteiger partial charge in [0.1, 0.15) is 5.76 Å². The summed E-state index contributed by atoms with van der Waals surface area (Å²) in [6.07, 6.45) is 1.68. The number of carbonyl (C=O) groups excluding carboxylic acids is 1. The average Bonchev–Trinajstić information content (AvgIpc) is 3.01. The number of anilines is 1. The van der Waals surface area contributed by atoms with Crippen LogP contribution in [-0.2, 0) is 6.54 Å². The number of aromatic nitrogens is 1. The number of nitrogens with one attached hydrogen (secondary N) is 1. The first-order valence-corrected chi connectivity index (χ1v) is 8.07. The Balaban J connectivity index is 1.77. The number of carbonyl (C=O) groups is 1. The molecular formula is C20H20N2O3. The van der Waals surface area contributed by atoms with Crippen LogP contribution < -0.4 is 10.9 Å². The number of benzene rings is 1. The van der Waals surface area contributed by atoms with E-state index in [0.29, 0.717) is 5.76 Å². The highest BCUT2D eigenvalue weighted by molar-refractivity contribution is 6.03. The number of pyridine rings is 1. The molecule has 0 atom stereocenters. The van der Waals surface area contributed by atoms with Gasteiger partial charge in [-0.2, -0.15) is 0 Å². The standard InChI is InChI=1S/C20H20N2O3/c1-13-10-14(2)19(15(3)11-13)21-20(24)17-8-7-16(25-17)12-22-9-5-4-6-18(22)23/h4-11H,12H2,1-3H3,(H,21,24). The molecule has 5 heteroatoms. The molecule has 0 bridgehead atoms. The molecule has 3 rings (SSSR count). The van der Waals surface area contributed by atoms with Crippen LogP contribution >= 0.6 is 0 Å². The second kappa shape index (κ2) is 6.81. The normalized spacial score (nSPS) is 10.7. The lowest BCUT2D eigenvalue weighted by Crippen LogP contribution is -2.18. The third-order valence-corrected chi connectivity index (χ3v) is 4.03. The monoisotopic (exact) mass is 336 g/mol. The molecule has 1 N–H and O–H groups in total. The molecule has 0 aliphatic heterocycles. The molecule has 2 aromatic heterocycles. The fourth-order valence-electron chi connectivity index (χ4n) is 2.90. The highest BCUT2D eigenvalue weighted by Crippen LogP contribution is 2.23. The number of furan rings is 1. The van der Waals surface area contributed by atoms with Crippen molar-refractivity contribution in [2.24, 2.45) is 0 Å². The van der Waals surface area contributed by atoms with Crippen molar-refractivity contribution >= 4 is 11.6 Å². The molecule has 0 spiro atoms. The van der Waals surface area contributed by atoms with Gasteiger partial charge in [-0.3, -0.25) is 9.59 Å². The fraction of sp³-hybridized carbons (Fsp3) is 0.200. The number of rotatable bonds is 4. The van der Waals surface area contributed by atoms with E-state index in [1.54, 1.807) is 30.5 Å². The van der Waals surface area contributed by atoms with Crippen molar-refractivity contribution in [3.63, 3.8) is 0 Å². The van der Waals surface area contributed by atoms with E-state index in [2.05, 4.69) is 5.32 Å². The molecule has 0 unspecified atom stereocenters. The smallest absolute Gasteiger partial charge is 0.291 e. The summed E-state index contributed by atoms with van der Waals surface area (Å²) in [5, 5.41) is 2.91. The van der Waals surface area contributed by atoms with Crippen LogP contribution in [0, 0.1) is 20.8 Å². The predicted octanol–water partition coefficient (Wildman–Crippen LogP) is 3.67. The van der Waals surface area contributed by atoms with Crippen LogP contribution in [0.15, 0.2) is 57.9 Å². The van der Waals surface area contributed by atoms with Gasteiger partial charge >= 0.3 is 0 Å². The van der Waals surface area contributed by atoms with Crippen LogP contribution in [0.25, 0.3) is 0 Å². The Morgan fingerprint density at radius 1 is 1.08 bits per heavy atom. The van der Waals surface area contributed by atoms with E-state index < -0.39 is 0 Å². The molecule has 128 valence electrons. The van der Waals surface area contributed by atoms with Gasteiger partial charge in [-0.1, -0.05) is 23.8 Å². The van der Waals surface area contributed by atoms with E-state index in [4.69, 9.17) is 4.42 Å². The third kappa shape index (κ3) is 3.71. The molecule has 0 saturated carbocycles. The molecular weight excluding hydrogens is 316 g/mol. The maximum atomic E-state index is 12.5. The topological polar surface area (TPSA) is 64.2 Å². The number of nitrogens with zero attached hydrogens (tertiary/aromatic N) is 1. The molecule has 5 nitrogen and oxygen atoms in total. The van der Waals surface area contributed by atoms with Gasteiger partial charge in [0, 0.05) is 18.0 Å². The second-order valence-corrected chi connectivity index (χ2v) is 6.16. The summed E-state index contributed by atoms with van der Waals surface area (Å²) in [6, 6.07) is 12.3. The Hall–Kier alpha value is -3.08. The van der Waals surface area contributed by atoms with Gasteiger partial charge in [0.2, 0.25) is 0 Å². The molecule has 2 heterocycles. The number of hydrogen-bond donors (Lipinski definition) is 1. The minimum Gasteiger partial charge on any atom is -0.454 e. The van der Waals surface area contributed by atoms with Crippen molar-refractivity contribution in [3.8, 4) is 0 Å². The Kier molecular flexibility index (Phi) is 4.57. The van der Waals surface area contributed by atoms with E-state index in [-0.39, 0.29) is 23.8 Å². The van der Waals surface area contributed by atoms with Crippen LogP contribution in [0.1, 0.15) is 33.0 Å². The minimum atomic E-state index is -0.304. The summed E-state index contributed by atoms with van der Waals surface area (Å²) < 4.78 is 7.13. The summed E-state index contributed by atoms with van der Waals surface area (Å²) in [5.74, 6) is 0.468. The number of amides is 1. The van der Waals surface area contributed by atoms with E-state index in [1.807, 2.05) is 32.9 Å². The van der Waals surface area contributed by atoms with Crippen LogP contribution in [0.5, 0.6) is 0 Å². The first-order valence-electron chi connectivity index (χ1n) is 8.07. The van der Waals surface area contributed by atoms with E-state index >= 15 is 0 Å². The van der Waals surface area contributed by atoms with Crippen LogP contribution in [0.2, 0.25) is 0 Å². The quantitative estimate of drug-likeness (QED) is 0.790. The molecule has 0 aliphatic carbocycles. The maximum absolute atomic E-state index is 12.5. The summed E-state index contributed by atoms with van der Waals surface area (Å²) >= 11 is 0. The van der Waals surface area contributed by atoms with Crippen LogP contribution in [0.4, 0.5) is 5.69 Å². The molecule has 0 saturated heterocycles. The largest absolute Gasteiger partial charge is 0.454 e. The van der Waals surface area contributed by atoms with E-state index in [9.17, 15) is 9.59 Å². The summed E-state index contributed by atoms with van der Waals surface area (Å²) in [5.41, 5.74) is 3.85. The van der Waals surface area contributed by atoms with Crippen LogP contribution in [0.3, 0.4) is 0 Å². The van der Waals surface area contributed by atoms with Gasteiger partial charge in [0.05, 0.1) is 6.54 Å². The van der Waals surface area contributed by atoms with Gasteiger partial charge in [0.25, 0.3) is 11.5 Å². The first-order chi connectivity index (χ1) is 11.9. The molecule has 1 amide bonds. The highest BCUT2D eigenvalue weighted by Gasteiger charge is 2.14. The molecule has 1 aromatic carbocycles. The molecule has 0 radical (unpaired) electrons. The van der Waals surface area contributed by atoms with E-state index in [0.717, 1.165) is 22.4 Å². The Labute approximate surface area is 145 Å². The van der Waals surface area contributed by atoms with Crippen molar-refractivity contribution in [1.82, 2.24) is 4.57 Å². The van der Waals surface area contributed by atoms with Crippen molar-refractivity contribution < 1.29 is 9.21 Å². The zero-order chi connectivity index (χ0) is 18.0. The SMILES string of the molecule is Cc1cc(C)c(NC(=O)c2ccc(Cn3ccccc3=O)o2)c(C)c1. The van der Waals surface area contributed by atoms with Gasteiger partial charge in [-0.15, -0.1) is 0 Å². The summed E-state index contributed by atoms with van der Waals surface area (Å²) in [6.45, 7) is 6.24. The zero-order valence-corrected chi connectivity index (χ0v) is 14.5. The minimum absolute atomic E-state index is 0.115. The van der Waals surface area contributed by atoms with Gasteiger partial charge in [-0.25, -0.2) is 0 Å². The maximum Gasteiger partial charge on any atom is 0.291 e. The van der Waals surface area contributed by atoms with E-state index in [1.165, 1.54) is 10.6 Å². The fourth-order valence-corrected chi connectivity index (χ4v) is 2.90. The van der Waals surface area contributed by atoms with Crippen molar-refractivity contribution in [2.45, 2.75) is 27.3 Å². The van der Waals surface area contributed by atoms with Crippen LogP contribution in [-0.4, -0.2) is 10.5 Å². The predicted molar refractivity (Wildman–Crippen MR) is 97.1 cm³/mol. The van der Waals surface area contributed by atoms with Gasteiger partial charge in [0.15, 0.2) is 5.76 Å². The Bertz CT molecular complexity index is 959. The first kappa shape index (κ1) is 16.8. The number of aryl methyl sites for hydroxylation is 3. The molecule has 0 fully saturated rings.